The number of amides is 2. The number of ether oxygens (including phenoxy) is 2. The first-order chi connectivity index (χ1) is 13.4. The van der Waals surface area contributed by atoms with Crippen LogP contribution >= 0.6 is 0 Å². The average molecular weight is 409 g/mol. The van der Waals surface area contributed by atoms with Crippen molar-refractivity contribution in [2.24, 2.45) is 0 Å². The number of methoxy groups -OCH3 is 1. The first-order valence-corrected chi connectivity index (χ1v) is 9.43. The van der Waals surface area contributed by atoms with E-state index in [0.717, 1.165) is 5.56 Å². The molecule has 0 aliphatic heterocycles. The van der Waals surface area contributed by atoms with Crippen molar-refractivity contribution in [3.8, 4) is 0 Å². The molecule has 1 heterocycles. The Bertz CT molecular complexity index is 714. The van der Waals surface area contributed by atoms with Crippen molar-refractivity contribution in [1.82, 2.24) is 10.3 Å². The molecule has 0 aliphatic rings. The van der Waals surface area contributed by atoms with E-state index in [9.17, 15) is 19.5 Å². The van der Waals surface area contributed by atoms with Gasteiger partial charge in [0.1, 0.15) is 11.4 Å². The number of aryl methyl sites for hydroxylation is 1. The summed E-state index contributed by atoms with van der Waals surface area (Å²) < 4.78 is 10.0. The predicted octanol–water partition coefficient (Wildman–Crippen LogP) is 1.95. The van der Waals surface area contributed by atoms with Crippen LogP contribution in [0.3, 0.4) is 0 Å². The quantitative estimate of drug-likeness (QED) is 0.630. The molecule has 0 spiro atoms. The fourth-order valence-corrected chi connectivity index (χ4v) is 2.43. The third kappa shape index (κ3) is 8.47. The molecular weight excluding hydrogens is 378 g/mol. The van der Waals surface area contributed by atoms with Crippen LogP contribution in [0.1, 0.15) is 46.1 Å². The van der Waals surface area contributed by atoms with Gasteiger partial charge in [-0.3, -0.25) is 9.69 Å². The Morgan fingerprint density at radius 1 is 1.31 bits per heavy atom. The van der Waals surface area contributed by atoms with Crippen LogP contribution in [0.15, 0.2) is 18.3 Å². The van der Waals surface area contributed by atoms with Gasteiger partial charge in [0.25, 0.3) is 0 Å². The molecule has 1 aromatic rings. The SMILES string of the molecule is COC(=O)[C@@H](NC(=O)CCCN(C(=O)OC(C)(C)C)c1cc(C)ccn1)[C@@H](C)O. The number of nitrogens with one attached hydrogen (secondary N) is 1. The molecular formula is C20H31N3O6. The van der Waals surface area contributed by atoms with E-state index < -0.39 is 35.7 Å². The van der Waals surface area contributed by atoms with Crippen LogP contribution in [-0.2, 0) is 19.1 Å². The van der Waals surface area contributed by atoms with Gasteiger partial charge in [-0.25, -0.2) is 14.6 Å². The molecule has 0 radical (unpaired) electrons. The van der Waals surface area contributed by atoms with Crippen molar-refractivity contribution < 1.29 is 29.0 Å². The van der Waals surface area contributed by atoms with Gasteiger partial charge < -0.3 is 19.9 Å². The minimum Gasteiger partial charge on any atom is -0.467 e. The van der Waals surface area contributed by atoms with E-state index in [4.69, 9.17) is 4.74 Å². The molecule has 162 valence electrons. The Hall–Kier alpha value is -2.68. The summed E-state index contributed by atoms with van der Waals surface area (Å²) in [5, 5.41) is 12.1. The molecule has 2 atom stereocenters. The zero-order chi connectivity index (χ0) is 22.2. The van der Waals surface area contributed by atoms with E-state index in [0.29, 0.717) is 12.2 Å². The molecule has 0 aromatic carbocycles. The number of rotatable bonds is 8. The van der Waals surface area contributed by atoms with E-state index in [-0.39, 0.29) is 13.0 Å². The van der Waals surface area contributed by atoms with Crippen molar-refractivity contribution in [2.45, 2.75) is 65.2 Å². The number of aliphatic hydroxyl groups is 1. The van der Waals surface area contributed by atoms with Gasteiger partial charge in [-0.2, -0.15) is 0 Å². The lowest BCUT2D eigenvalue weighted by atomic mass is 10.1. The lowest BCUT2D eigenvalue weighted by molar-refractivity contribution is -0.148. The van der Waals surface area contributed by atoms with Gasteiger partial charge in [-0.15, -0.1) is 0 Å². The maximum atomic E-state index is 12.6. The third-order valence-electron chi connectivity index (χ3n) is 3.83. The van der Waals surface area contributed by atoms with Gasteiger partial charge >= 0.3 is 12.1 Å². The summed E-state index contributed by atoms with van der Waals surface area (Å²) in [6.45, 7) is 8.76. The Balaban J connectivity index is 2.78. The van der Waals surface area contributed by atoms with Crippen LogP contribution in [0.25, 0.3) is 0 Å². The first-order valence-electron chi connectivity index (χ1n) is 9.43. The smallest absolute Gasteiger partial charge is 0.416 e. The molecule has 0 fully saturated rings. The molecule has 0 aliphatic carbocycles. The van der Waals surface area contributed by atoms with Crippen molar-refractivity contribution >= 4 is 23.8 Å². The molecule has 0 saturated carbocycles. The number of aromatic nitrogens is 1. The second kappa shape index (κ2) is 10.8. The normalized spacial score (nSPS) is 13.2. The van der Waals surface area contributed by atoms with Gasteiger partial charge in [0.2, 0.25) is 5.91 Å². The largest absolute Gasteiger partial charge is 0.467 e. The van der Waals surface area contributed by atoms with Crippen LogP contribution in [-0.4, -0.2) is 59.5 Å². The molecule has 1 aromatic heterocycles. The van der Waals surface area contributed by atoms with Crippen LogP contribution in [0, 0.1) is 6.92 Å². The van der Waals surface area contributed by atoms with Gasteiger partial charge in [0.15, 0.2) is 6.04 Å². The standard InChI is InChI=1S/C20H31N3O6/c1-13-9-10-21-15(12-13)23(19(27)29-20(3,4)5)11-7-8-16(25)22-17(14(2)24)18(26)28-6/h9-10,12,14,17,24H,7-8,11H2,1-6H3,(H,22,25)/t14-,17+/m1/s1. The number of anilines is 1. The maximum absolute atomic E-state index is 12.6. The number of carbonyl (C=O) groups is 3. The number of carbonyl (C=O) groups excluding carboxylic acids is 3. The molecule has 2 N–H and O–H groups in total. The van der Waals surface area contributed by atoms with E-state index in [1.807, 2.05) is 13.0 Å². The fourth-order valence-electron chi connectivity index (χ4n) is 2.43. The summed E-state index contributed by atoms with van der Waals surface area (Å²) in [5.41, 5.74) is 0.251. The van der Waals surface area contributed by atoms with Crippen LogP contribution < -0.4 is 10.2 Å². The van der Waals surface area contributed by atoms with Crippen molar-refractivity contribution in [3.05, 3.63) is 23.9 Å². The Morgan fingerprint density at radius 3 is 2.48 bits per heavy atom. The highest BCUT2D eigenvalue weighted by Crippen LogP contribution is 2.18. The summed E-state index contributed by atoms with van der Waals surface area (Å²) in [4.78, 5) is 42.0. The average Bonchev–Trinajstić information content (AvgIpc) is 2.60. The monoisotopic (exact) mass is 409 g/mol. The number of aliphatic hydroxyl groups excluding tert-OH is 1. The second-order valence-electron chi connectivity index (χ2n) is 7.74. The topological polar surface area (TPSA) is 118 Å². The van der Waals surface area contributed by atoms with Crippen molar-refractivity contribution in [3.63, 3.8) is 0 Å². The second-order valence-corrected chi connectivity index (χ2v) is 7.74. The van der Waals surface area contributed by atoms with Crippen LogP contribution in [0.5, 0.6) is 0 Å². The summed E-state index contributed by atoms with van der Waals surface area (Å²) in [7, 11) is 1.18. The Kier molecular flexibility index (Phi) is 9.03. The highest BCUT2D eigenvalue weighted by atomic mass is 16.6. The zero-order valence-electron chi connectivity index (χ0n) is 17.9. The number of nitrogens with zero attached hydrogens (tertiary/aromatic N) is 2. The van der Waals surface area contributed by atoms with Crippen LogP contribution in [0.2, 0.25) is 0 Å². The summed E-state index contributed by atoms with van der Waals surface area (Å²) in [5.74, 6) is -0.744. The maximum Gasteiger partial charge on any atom is 0.416 e. The summed E-state index contributed by atoms with van der Waals surface area (Å²) in [6.07, 6.45) is 0.270. The van der Waals surface area contributed by atoms with E-state index in [1.165, 1.54) is 18.9 Å². The molecule has 1 rings (SSSR count). The number of pyridine rings is 1. The van der Waals surface area contributed by atoms with Gasteiger partial charge in [-0.1, -0.05) is 0 Å². The predicted molar refractivity (Wildman–Crippen MR) is 107 cm³/mol. The lowest BCUT2D eigenvalue weighted by Gasteiger charge is -2.27. The molecule has 0 saturated heterocycles. The molecule has 29 heavy (non-hydrogen) atoms. The highest BCUT2D eigenvalue weighted by molar-refractivity contribution is 5.87. The highest BCUT2D eigenvalue weighted by Gasteiger charge is 2.27. The molecule has 9 heteroatoms. The molecule has 9 nitrogen and oxygen atoms in total. The summed E-state index contributed by atoms with van der Waals surface area (Å²) in [6, 6.07) is 2.42. The minimum atomic E-state index is -1.15. The van der Waals surface area contributed by atoms with E-state index in [1.54, 1.807) is 33.0 Å². The molecule has 2 amide bonds. The molecule has 0 bridgehead atoms. The number of esters is 1. The number of hydrogen-bond donors (Lipinski definition) is 2. The number of hydrogen-bond acceptors (Lipinski definition) is 7. The molecule has 0 unspecified atom stereocenters. The summed E-state index contributed by atoms with van der Waals surface area (Å²) >= 11 is 0. The third-order valence-corrected chi connectivity index (χ3v) is 3.83. The fraction of sp³-hybridized carbons (Fsp3) is 0.600. The van der Waals surface area contributed by atoms with E-state index >= 15 is 0 Å². The van der Waals surface area contributed by atoms with Crippen molar-refractivity contribution in [2.75, 3.05) is 18.6 Å². The zero-order valence-corrected chi connectivity index (χ0v) is 17.9. The lowest BCUT2D eigenvalue weighted by Crippen LogP contribution is -2.48. The van der Waals surface area contributed by atoms with Gasteiger partial charge in [0.05, 0.1) is 13.2 Å². The van der Waals surface area contributed by atoms with Crippen LogP contribution in [0.4, 0.5) is 10.6 Å². The Morgan fingerprint density at radius 2 is 1.97 bits per heavy atom. The van der Waals surface area contributed by atoms with Gasteiger partial charge in [0, 0.05) is 19.2 Å². The minimum absolute atomic E-state index is 0.0331. The Labute approximate surface area is 171 Å². The first kappa shape index (κ1) is 24.4. The van der Waals surface area contributed by atoms with Gasteiger partial charge in [-0.05, 0) is 58.7 Å². The van der Waals surface area contributed by atoms with E-state index in [2.05, 4.69) is 15.0 Å². The van der Waals surface area contributed by atoms with Crippen molar-refractivity contribution in [1.29, 1.82) is 0 Å².